The van der Waals surface area contributed by atoms with Gasteiger partial charge in [0, 0.05) is 17.6 Å². The number of carbonyl (C=O) groups excluding carboxylic acids is 2. The molecule has 30 heavy (non-hydrogen) atoms. The molecular formula is C22H27ClN2O5. The molecule has 0 fully saturated rings. The predicted molar refractivity (Wildman–Crippen MR) is 116 cm³/mol. The number of likely N-dealkylation sites (N-methyl/N-ethyl adjacent to an activating group) is 1. The van der Waals surface area contributed by atoms with E-state index in [4.69, 9.17) is 25.8 Å². The number of hydrogen-bond acceptors (Lipinski definition) is 5. The molecule has 0 saturated heterocycles. The lowest BCUT2D eigenvalue weighted by atomic mass is 10.2. The number of amides is 2. The fourth-order valence-corrected chi connectivity index (χ4v) is 2.67. The van der Waals surface area contributed by atoms with Crippen molar-refractivity contribution in [2.75, 3.05) is 40.0 Å². The summed E-state index contributed by atoms with van der Waals surface area (Å²) < 4.78 is 16.6. The highest BCUT2D eigenvalue weighted by atomic mass is 35.5. The van der Waals surface area contributed by atoms with Gasteiger partial charge in [0.05, 0.1) is 26.3 Å². The van der Waals surface area contributed by atoms with Crippen LogP contribution in [0.15, 0.2) is 42.5 Å². The average Bonchev–Trinajstić information content (AvgIpc) is 2.74. The van der Waals surface area contributed by atoms with E-state index in [1.165, 1.54) is 4.90 Å². The van der Waals surface area contributed by atoms with Crippen molar-refractivity contribution in [1.82, 2.24) is 10.2 Å². The number of ether oxygens (including phenoxy) is 3. The summed E-state index contributed by atoms with van der Waals surface area (Å²) in [6, 6.07) is 11.9. The quantitative estimate of drug-likeness (QED) is 0.586. The van der Waals surface area contributed by atoms with Crippen LogP contribution in [0.5, 0.6) is 17.2 Å². The van der Waals surface area contributed by atoms with E-state index >= 15 is 0 Å². The normalized spacial score (nSPS) is 10.3. The van der Waals surface area contributed by atoms with Gasteiger partial charge < -0.3 is 24.4 Å². The Balaban J connectivity index is 1.82. The summed E-state index contributed by atoms with van der Waals surface area (Å²) in [7, 11) is 1.66. The third kappa shape index (κ3) is 7.15. The summed E-state index contributed by atoms with van der Waals surface area (Å²) in [5.74, 6) is 1.16. The van der Waals surface area contributed by atoms with E-state index in [0.29, 0.717) is 54.2 Å². The van der Waals surface area contributed by atoms with Crippen molar-refractivity contribution in [3.8, 4) is 17.2 Å². The fraction of sp³-hybridized carbons (Fsp3) is 0.364. The van der Waals surface area contributed by atoms with Gasteiger partial charge in [0.1, 0.15) is 12.4 Å². The van der Waals surface area contributed by atoms with Gasteiger partial charge in [-0.25, -0.2) is 0 Å². The van der Waals surface area contributed by atoms with Gasteiger partial charge in [-0.2, -0.15) is 0 Å². The molecule has 0 spiro atoms. The van der Waals surface area contributed by atoms with Crippen LogP contribution in [-0.4, -0.2) is 56.7 Å². The first-order valence-corrected chi connectivity index (χ1v) is 10.1. The number of nitrogens with zero attached hydrogens (tertiary/aromatic N) is 1. The zero-order valence-corrected chi connectivity index (χ0v) is 18.2. The monoisotopic (exact) mass is 434 g/mol. The van der Waals surface area contributed by atoms with E-state index in [1.54, 1.807) is 49.5 Å². The third-order valence-corrected chi connectivity index (χ3v) is 4.39. The van der Waals surface area contributed by atoms with Crippen molar-refractivity contribution in [3.05, 3.63) is 53.1 Å². The summed E-state index contributed by atoms with van der Waals surface area (Å²) in [5, 5.41) is 3.26. The van der Waals surface area contributed by atoms with E-state index in [0.717, 1.165) is 0 Å². The van der Waals surface area contributed by atoms with Crippen molar-refractivity contribution in [2.45, 2.75) is 13.8 Å². The minimum absolute atomic E-state index is 0.118. The van der Waals surface area contributed by atoms with Gasteiger partial charge in [0.25, 0.3) is 5.91 Å². The van der Waals surface area contributed by atoms with Crippen LogP contribution in [0.4, 0.5) is 0 Å². The summed E-state index contributed by atoms with van der Waals surface area (Å²) in [5.41, 5.74) is 0.392. The van der Waals surface area contributed by atoms with Crippen LogP contribution in [0.2, 0.25) is 5.02 Å². The molecule has 162 valence electrons. The van der Waals surface area contributed by atoms with Crippen LogP contribution in [-0.2, 0) is 4.79 Å². The largest absolute Gasteiger partial charge is 0.492 e. The van der Waals surface area contributed by atoms with Gasteiger partial charge in [-0.3, -0.25) is 9.59 Å². The van der Waals surface area contributed by atoms with Crippen LogP contribution in [0.3, 0.4) is 0 Å². The second-order valence-corrected chi connectivity index (χ2v) is 6.76. The molecule has 0 unspecified atom stereocenters. The van der Waals surface area contributed by atoms with Crippen LogP contribution in [0.1, 0.15) is 24.2 Å². The van der Waals surface area contributed by atoms with Crippen molar-refractivity contribution in [3.63, 3.8) is 0 Å². The van der Waals surface area contributed by atoms with Gasteiger partial charge in [0.15, 0.2) is 11.5 Å². The number of benzene rings is 2. The lowest BCUT2D eigenvalue weighted by Gasteiger charge is -2.18. The van der Waals surface area contributed by atoms with Gasteiger partial charge >= 0.3 is 0 Å². The van der Waals surface area contributed by atoms with E-state index in [1.807, 2.05) is 13.8 Å². The Bertz CT molecular complexity index is 842. The Morgan fingerprint density at radius 1 is 0.967 bits per heavy atom. The summed E-state index contributed by atoms with van der Waals surface area (Å²) >= 11 is 5.83. The lowest BCUT2D eigenvalue weighted by Crippen LogP contribution is -2.39. The first kappa shape index (κ1) is 23.3. The van der Waals surface area contributed by atoms with Crippen LogP contribution >= 0.6 is 11.6 Å². The average molecular weight is 435 g/mol. The molecule has 7 nitrogen and oxygen atoms in total. The second kappa shape index (κ2) is 11.9. The minimum atomic E-state index is -0.363. The molecular weight excluding hydrogens is 408 g/mol. The number of halogens is 1. The Morgan fingerprint density at radius 2 is 1.63 bits per heavy atom. The number of hydrogen-bond donors (Lipinski definition) is 1. The van der Waals surface area contributed by atoms with Crippen molar-refractivity contribution in [2.24, 2.45) is 0 Å². The summed E-state index contributed by atoms with van der Waals surface area (Å²) in [6.45, 7) is 5.27. The van der Waals surface area contributed by atoms with Gasteiger partial charge in [-0.05, 0) is 56.3 Å². The molecule has 1 N–H and O–H groups in total. The molecule has 0 saturated carbocycles. The first-order chi connectivity index (χ1) is 14.4. The molecule has 0 aromatic heterocycles. The molecule has 8 heteroatoms. The van der Waals surface area contributed by atoms with Gasteiger partial charge in [-0.15, -0.1) is 0 Å². The van der Waals surface area contributed by atoms with Gasteiger partial charge in [-0.1, -0.05) is 11.6 Å². The van der Waals surface area contributed by atoms with E-state index < -0.39 is 0 Å². The molecule has 0 bridgehead atoms. The second-order valence-electron chi connectivity index (χ2n) is 6.33. The molecule has 2 aromatic carbocycles. The topological polar surface area (TPSA) is 77.1 Å². The number of nitrogens with one attached hydrogen (secondary N) is 1. The van der Waals surface area contributed by atoms with E-state index in [-0.39, 0.29) is 18.4 Å². The Labute approximate surface area is 181 Å². The first-order valence-electron chi connectivity index (χ1n) is 9.74. The Morgan fingerprint density at radius 3 is 2.30 bits per heavy atom. The number of rotatable bonds is 11. The fourth-order valence-electron chi connectivity index (χ4n) is 2.54. The highest BCUT2D eigenvalue weighted by Gasteiger charge is 2.14. The molecule has 0 atom stereocenters. The zero-order chi connectivity index (χ0) is 21.9. The van der Waals surface area contributed by atoms with Crippen LogP contribution < -0.4 is 19.5 Å². The zero-order valence-electron chi connectivity index (χ0n) is 17.4. The standard InChI is InChI=1S/C22H27ClN2O5/c1-4-28-19-11-6-16(14-20(19)29-5-2)22(27)24-15-21(26)25(3)12-13-30-18-9-7-17(23)8-10-18/h6-11,14H,4-5,12-13,15H2,1-3H3,(H,24,27). The van der Waals surface area contributed by atoms with Crippen molar-refractivity contribution in [1.29, 1.82) is 0 Å². The maximum absolute atomic E-state index is 12.4. The van der Waals surface area contributed by atoms with E-state index in [2.05, 4.69) is 5.32 Å². The van der Waals surface area contributed by atoms with Gasteiger partial charge in [0.2, 0.25) is 5.91 Å². The third-order valence-electron chi connectivity index (χ3n) is 4.14. The smallest absolute Gasteiger partial charge is 0.251 e. The molecule has 0 aliphatic carbocycles. The maximum atomic E-state index is 12.4. The highest BCUT2D eigenvalue weighted by Crippen LogP contribution is 2.28. The van der Waals surface area contributed by atoms with Crippen LogP contribution in [0.25, 0.3) is 0 Å². The van der Waals surface area contributed by atoms with Crippen LogP contribution in [0, 0.1) is 0 Å². The Kier molecular flexibility index (Phi) is 9.28. The highest BCUT2D eigenvalue weighted by molar-refractivity contribution is 6.30. The molecule has 2 rings (SSSR count). The van der Waals surface area contributed by atoms with E-state index in [9.17, 15) is 9.59 Å². The molecule has 0 aliphatic rings. The predicted octanol–water partition coefficient (Wildman–Crippen LogP) is 3.40. The molecule has 2 aromatic rings. The molecule has 2 amide bonds. The van der Waals surface area contributed by atoms with Crippen molar-refractivity contribution < 1.29 is 23.8 Å². The summed E-state index contributed by atoms with van der Waals surface area (Å²) in [4.78, 5) is 26.2. The molecule has 0 aliphatic heterocycles. The lowest BCUT2D eigenvalue weighted by molar-refractivity contribution is -0.129. The summed E-state index contributed by atoms with van der Waals surface area (Å²) in [6.07, 6.45) is 0. The minimum Gasteiger partial charge on any atom is -0.492 e. The Hall–Kier alpha value is -2.93. The maximum Gasteiger partial charge on any atom is 0.251 e. The molecule has 0 radical (unpaired) electrons. The van der Waals surface area contributed by atoms with Crippen molar-refractivity contribution >= 4 is 23.4 Å². The SMILES string of the molecule is CCOc1ccc(C(=O)NCC(=O)N(C)CCOc2ccc(Cl)cc2)cc1OCC. The molecule has 0 heterocycles. The number of carbonyl (C=O) groups is 2.